The van der Waals surface area contributed by atoms with Gasteiger partial charge in [0.05, 0.1) is 6.20 Å². The highest BCUT2D eigenvalue weighted by Crippen LogP contribution is 2.23. The Morgan fingerprint density at radius 1 is 1.53 bits per heavy atom. The Labute approximate surface area is 89.8 Å². The maximum atomic E-state index is 11.7. The number of ketones is 1. The van der Waals surface area contributed by atoms with Crippen LogP contribution in [0.1, 0.15) is 38.2 Å². The van der Waals surface area contributed by atoms with Gasteiger partial charge in [-0.1, -0.05) is 13.0 Å². The van der Waals surface area contributed by atoms with Gasteiger partial charge in [0, 0.05) is 30.3 Å². The molecule has 0 N–H and O–H groups in total. The fourth-order valence-electron chi connectivity index (χ4n) is 1.89. The van der Waals surface area contributed by atoms with E-state index in [1.165, 1.54) is 0 Å². The van der Waals surface area contributed by atoms with Crippen LogP contribution in [0.2, 0.25) is 0 Å². The van der Waals surface area contributed by atoms with Crippen LogP contribution in [0.3, 0.4) is 0 Å². The lowest BCUT2D eigenvalue weighted by atomic mass is 9.94. The van der Waals surface area contributed by atoms with Crippen LogP contribution in [-0.4, -0.2) is 15.6 Å². The highest BCUT2D eigenvalue weighted by Gasteiger charge is 2.16. The topological polar surface area (TPSA) is 34.9 Å². The fraction of sp³-hybridized carbons (Fsp3) is 0.500. The van der Waals surface area contributed by atoms with Crippen molar-refractivity contribution in [3.63, 3.8) is 0 Å². The normalized spacial score (nSPS) is 16.6. The molecule has 0 fully saturated rings. The monoisotopic (exact) mass is 204 g/mol. The Morgan fingerprint density at radius 3 is 3.13 bits per heavy atom. The van der Waals surface area contributed by atoms with Crippen LogP contribution in [0.4, 0.5) is 0 Å². The molecule has 3 heteroatoms. The lowest BCUT2D eigenvalue weighted by Gasteiger charge is -2.09. The van der Waals surface area contributed by atoms with E-state index in [2.05, 4.69) is 12.0 Å². The Kier molecular flexibility index (Phi) is 2.99. The van der Waals surface area contributed by atoms with E-state index >= 15 is 0 Å². The SMILES string of the molecule is CCCn1cc(C2=CCCCC2=O)cn1. The molecule has 0 amide bonds. The Hall–Kier alpha value is -1.38. The average molecular weight is 204 g/mol. The molecular formula is C12H16N2O. The quantitative estimate of drug-likeness (QED) is 0.758. The van der Waals surface area contributed by atoms with Crippen molar-refractivity contribution in [2.75, 3.05) is 0 Å². The van der Waals surface area contributed by atoms with Crippen LogP contribution in [-0.2, 0) is 11.3 Å². The van der Waals surface area contributed by atoms with Crippen LogP contribution < -0.4 is 0 Å². The molecule has 0 saturated carbocycles. The third-order valence-electron chi connectivity index (χ3n) is 2.65. The maximum absolute atomic E-state index is 11.7. The molecule has 80 valence electrons. The molecule has 1 heterocycles. The number of carbonyl (C=O) groups is 1. The lowest BCUT2D eigenvalue weighted by Crippen LogP contribution is -2.05. The number of Topliss-reactive ketones (excluding diaryl/α,β-unsaturated/α-hetero) is 1. The molecule has 0 spiro atoms. The van der Waals surface area contributed by atoms with E-state index in [0.717, 1.165) is 36.9 Å². The van der Waals surface area contributed by atoms with Crippen molar-refractivity contribution in [3.8, 4) is 0 Å². The van der Waals surface area contributed by atoms with Crippen molar-refractivity contribution >= 4 is 11.4 Å². The van der Waals surface area contributed by atoms with Crippen LogP contribution in [0, 0.1) is 0 Å². The summed E-state index contributed by atoms with van der Waals surface area (Å²) < 4.78 is 1.90. The highest BCUT2D eigenvalue weighted by molar-refractivity contribution is 6.21. The number of aryl methyl sites for hydroxylation is 1. The summed E-state index contributed by atoms with van der Waals surface area (Å²) in [6.45, 7) is 3.04. The van der Waals surface area contributed by atoms with Crippen molar-refractivity contribution in [2.45, 2.75) is 39.2 Å². The van der Waals surface area contributed by atoms with Crippen molar-refractivity contribution in [3.05, 3.63) is 24.0 Å². The summed E-state index contributed by atoms with van der Waals surface area (Å²) in [6.07, 6.45) is 9.56. The molecule has 0 unspecified atom stereocenters. The number of rotatable bonds is 3. The molecular weight excluding hydrogens is 188 g/mol. The Balaban J connectivity index is 2.21. The van der Waals surface area contributed by atoms with Crippen LogP contribution in [0.15, 0.2) is 18.5 Å². The summed E-state index contributed by atoms with van der Waals surface area (Å²) in [7, 11) is 0. The molecule has 1 aliphatic carbocycles. The Morgan fingerprint density at radius 2 is 2.40 bits per heavy atom. The summed E-state index contributed by atoms with van der Waals surface area (Å²) in [5.74, 6) is 0.261. The molecule has 3 nitrogen and oxygen atoms in total. The largest absolute Gasteiger partial charge is 0.294 e. The van der Waals surface area contributed by atoms with Gasteiger partial charge in [-0.25, -0.2) is 0 Å². The third-order valence-corrected chi connectivity index (χ3v) is 2.65. The minimum Gasteiger partial charge on any atom is -0.294 e. The molecule has 0 radical (unpaired) electrons. The zero-order valence-electron chi connectivity index (χ0n) is 9.07. The van der Waals surface area contributed by atoms with Gasteiger partial charge in [-0.05, 0) is 19.3 Å². The van der Waals surface area contributed by atoms with E-state index in [4.69, 9.17) is 0 Å². The summed E-state index contributed by atoms with van der Waals surface area (Å²) >= 11 is 0. The number of aromatic nitrogens is 2. The summed E-state index contributed by atoms with van der Waals surface area (Å²) in [5, 5.41) is 4.24. The van der Waals surface area contributed by atoms with Crippen LogP contribution in [0.5, 0.6) is 0 Å². The van der Waals surface area contributed by atoms with Gasteiger partial charge in [0.1, 0.15) is 0 Å². The first kappa shape index (κ1) is 10.1. The number of hydrogen-bond acceptors (Lipinski definition) is 2. The molecule has 1 aliphatic rings. The molecule has 0 aliphatic heterocycles. The van der Waals surface area contributed by atoms with Crippen LogP contribution >= 0.6 is 0 Å². The maximum Gasteiger partial charge on any atom is 0.163 e. The van der Waals surface area contributed by atoms with Gasteiger partial charge in [0.25, 0.3) is 0 Å². The molecule has 0 bridgehead atoms. The van der Waals surface area contributed by atoms with Crippen molar-refractivity contribution in [1.82, 2.24) is 9.78 Å². The first-order valence-corrected chi connectivity index (χ1v) is 5.57. The van der Waals surface area contributed by atoms with E-state index in [1.807, 2.05) is 17.0 Å². The van der Waals surface area contributed by atoms with Crippen LogP contribution in [0.25, 0.3) is 5.57 Å². The second-order valence-corrected chi connectivity index (χ2v) is 3.93. The standard InChI is InChI=1S/C12H16N2O/c1-2-7-14-9-10(8-13-14)11-5-3-4-6-12(11)15/h5,8-9H,2-4,6-7H2,1H3. The number of nitrogens with zero attached hydrogens (tertiary/aromatic N) is 2. The number of hydrogen-bond donors (Lipinski definition) is 0. The van der Waals surface area contributed by atoms with Gasteiger partial charge < -0.3 is 0 Å². The van der Waals surface area contributed by atoms with Gasteiger partial charge in [-0.3, -0.25) is 9.48 Å². The Bertz CT molecular complexity index is 390. The lowest BCUT2D eigenvalue weighted by molar-refractivity contribution is -0.114. The van der Waals surface area contributed by atoms with E-state index in [1.54, 1.807) is 6.20 Å². The zero-order valence-corrected chi connectivity index (χ0v) is 9.07. The average Bonchev–Trinajstić information content (AvgIpc) is 2.68. The molecule has 0 atom stereocenters. The van der Waals surface area contributed by atoms with E-state index in [0.29, 0.717) is 6.42 Å². The predicted molar refractivity (Wildman–Crippen MR) is 59.4 cm³/mol. The van der Waals surface area contributed by atoms with E-state index in [-0.39, 0.29) is 5.78 Å². The molecule has 1 aromatic heterocycles. The zero-order chi connectivity index (χ0) is 10.7. The molecule has 2 rings (SSSR count). The molecule has 1 aromatic rings. The predicted octanol–water partition coefficient (Wildman–Crippen LogP) is 2.43. The fourth-order valence-corrected chi connectivity index (χ4v) is 1.89. The van der Waals surface area contributed by atoms with Crippen molar-refractivity contribution in [2.24, 2.45) is 0 Å². The van der Waals surface area contributed by atoms with Gasteiger partial charge in [-0.15, -0.1) is 0 Å². The van der Waals surface area contributed by atoms with Gasteiger partial charge in [-0.2, -0.15) is 5.10 Å². The molecule has 15 heavy (non-hydrogen) atoms. The minimum atomic E-state index is 0.261. The number of allylic oxidation sites excluding steroid dienone is 2. The second kappa shape index (κ2) is 4.43. The van der Waals surface area contributed by atoms with Gasteiger partial charge in [0.15, 0.2) is 5.78 Å². The first-order chi connectivity index (χ1) is 7.31. The van der Waals surface area contributed by atoms with Gasteiger partial charge in [0.2, 0.25) is 0 Å². The van der Waals surface area contributed by atoms with Crippen molar-refractivity contribution in [1.29, 1.82) is 0 Å². The summed E-state index contributed by atoms with van der Waals surface area (Å²) in [5.41, 5.74) is 1.84. The number of carbonyl (C=O) groups excluding carboxylic acids is 1. The molecule has 0 aromatic carbocycles. The van der Waals surface area contributed by atoms with Gasteiger partial charge >= 0.3 is 0 Å². The summed E-state index contributed by atoms with van der Waals surface area (Å²) in [4.78, 5) is 11.7. The third kappa shape index (κ3) is 2.17. The minimum absolute atomic E-state index is 0.261. The van der Waals surface area contributed by atoms with E-state index in [9.17, 15) is 4.79 Å². The smallest absolute Gasteiger partial charge is 0.163 e. The highest BCUT2D eigenvalue weighted by atomic mass is 16.1. The second-order valence-electron chi connectivity index (χ2n) is 3.93. The first-order valence-electron chi connectivity index (χ1n) is 5.57. The van der Waals surface area contributed by atoms with E-state index < -0.39 is 0 Å². The molecule has 0 saturated heterocycles. The summed E-state index contributed by atoms with van der Waals surface area (Å²) in [6, 6.07) is 0. The van der Waals surface area contributed by atoms with Crippen molar-refractivity contribution < 1.29 is 4.79 Å².